The maximum Gasteiger partial charge on any atom is 0.411 e. The predicted octanol–water partition coefficient (Wildman–Crippen LogP) is 4.94. The number of nitrogens with one attached hydrogen (secondary N) is 3. The molecule has 5 heterocycles. The standard InChI is InChI=1S/C25H17FN8O2/c1-36-25(35)30-15-6-13(8-27-10-15)14-7-17-22(33-34-23(17)29-9-14)24-31-20-12-28-11-18(21(20)32-24)16-4-2-3-5-19(16)26/h2-12H,1H3,(H,30,35)(H,31,32)(H,29,33,34). The SMILES string of the molecule is COC(=O)Nc1cncc(-c2cnc3n[nH]c(-c4nc5c(-c6ccccc6F)cncc5[nH]4)c3c2)c1. The van der Waals surface area contributed by atoms with Crippen molar-refractivity contribution in [2.75, 3.05) is 12.4 Å². The van der Waals surface area contributed by atoms with Crippen LogP contribution in [-0.2, 0) is 4.74 Å². The molecule has 3 N–H and O–H groups in total. The number of carbonyl (C=O) groups excluding carboxylic acids is 1. The van der Waals surface area contributed by atoms with Gasteiger partial charge >= 0.3 is 6.09 Å². The van der Waals surface area contributed by atoms with Crippen LogP contribution >= 0.6 is 0 Å². The number of amides is 1. The minimum Gasteiger partial charge on any atom is -0.453 e. The summed E-state index contributed by atoms with van der Waals surface area (Å²) < 4.78 is 19.1. The Bertz CT molecular complexity index is 1760. The van der Waals surface area contributed by atoms with E-state index in [2.05, 4.69) is 40.2 Å². The molecule has 0 aliphatic heterocycles. The summed E-state index contributed by atoms with van der Waals surface area (Å²) in [6, 6.07) is 10.2. The van der Waals surface area contributed by atoms with Gasteiger partial charge in [0.2, 0.25) is 0 Å². The van der Waals surface area contributed by atoms with Crippen molar-refractivity contribution in [3.8, 4) is 33.8 Å². The summed E-state index contributed by atoms with van der Waals surface area (Å²) in [5.74, 6) is 0.158. The fourth-order valence-corrected chi connectivity index (χ4v) is 4.00. The highest BCUT2D eigenvalue weighted by atomic mass is 19.1. The molecule has 0 bridgehead atoms. The number of nitrogens with zero attached hydrogens (tertiary/aromatic N) is 5. The number of H-pyrrole nitrogens is 2. The van der Waals surface area contributed by atoms with Crippen LogP contribution in [0.5, 0.6) is 0 Å². The third-order valence-corrected chi connectivity index (χ3v) is 5.71. The molecule has 0 fully saturated rings. The zero-order valence-corrected chi connectivity index (χ0v) is 18.8. The van der Waals surface area contributed by atoms with Crippen LogP contribution in [0.4, 0.5) is 14.9 Å². The number of carbonyl (C=O) groups is 1. The number of anilines is 1. The third kappa shape index (κ3) is 3.68. The van der Waals surface area contributed by atoms with Gasteiger partial charge in [-0.2, -0.15) is 5.10 Å². The lowest BCUT2D eigenvalue weighted by Crippen LogP contribution is -2.11. The Hall–Kier alpha value is -5.19. The molecule has 0 aliphatic rings. The molecule has 10 nitrogen and oxygen atoms in total. The molecular formula is C25H17FN8O2. The lowest BCUT2D eigenvalue weighted by Gasteiger charge is -2.06. The van der Waals surface area contributed by atoms with Crippen LogP contribution in [0, 0.1) is 5.82 Å². The summed E-state index contributed by atoms with van der Waals surface area (Å²) in [5, 5.41) is 10.6. The molecule has 0 saturated carbocycles. The lowest BCUT2D eigenvalue weighted by atomic mass is 10.1. The van der Waals surface area contributed by atoms with E-state index in [0.29, 0.717) is 45.0 Å². The Morgan fingerprint density at radius 2 is 1.83 bits per heavy atom. The van der Waals surface area contributed by atoms with E-state index in [9.17, 15) is 9.18 Å². The van der Waals surface area contributed by atoms with Crippen LogP contribution in [0.3, 0.4) is 0 Å². The second-order valence-corrected chi connectivity index (χ2v) is 7.92. The van der Waals surface area contributed by atoms with Gasteiger partial charge in [0.05, 0.1) is 36.1 Å². The van der Waals surface area contributed by atoms with Gasteiger partial charge in [-0.25, -0.2) is 19.2 Å². The number of pyridine rings is 3. The number of aromatic nitrogens is 7. The molecule has 0 spiro atoms. The van der Waals surface area contributed by atoms with Crippen LogP contribution < -0.4 is 5.32 Å². The van der Waals surface area contributed by atoms with E-state index in [1.54, 1.807) is 49.1 Å². The van der Waals surface area contributed by atoms with E-state index in [4.69, 9.17) is 4.98 Å². The fourth-order valence-electron chi connectivity index (χ4n) is 4.00. The molecule has 0 aliphatic carbocycles. The van der Waals surface area contributed by atoms with Gasteiger partial charge in [0.15, 0.2) is 11.5 Å². The number of ether oxygens (including phenoxy) is 1. The van der Waals surface area contributed by atoms with Gasteiger partial charge in [-0.1, -0.05) is 18.2 Å². The first kappa shape index (κ1) is 21.4. The Morgan fingerprint density at radius 3 is 2.69 bits per heavy atom. The van der Waals surface area contributed by atoms with Crippen molar-refractivity contribution in [1.82, 2.24) is 35.1 Å². The quantitative estimate of drug-likeness (QED) is 0.325. The first-order chi connectivity index (χ1) is 17.6. The monoisotopic (exact) mass is 480 g/mol. The molecular weight excluding hydrogens is 463 g/mol. The molecule has 36 heavy (non-hydrogen) atoms. The Kier molecular flexibility index (Phi) is 5.07. The Labute approximate surface area is 202 Å². The van der Waals surface area contributed by atoms with Crippen LogP contribution in [0.25, 0.3) is 55.8 Å². The molecule has 11 heteroatoms. The van der Waals surface area contributed by atoms with Gasteiger partial charge in [-0.05, 0) is 18.2 Å². The third-order valence-electron chi connectivity index (χ3n) is 5.71. The highest BCUT2D eigenvalue weighted by molar-refractivity contribution is 5.97. The number of imidazole rings is 1. The number of fused-ring (bicyclic) bond motifs is 2. The summed E-state index contributed by atoms with van der Waals surface area (Å²) in [6.07, 6.45) is 7.51. The molecule has 1 aromatic carbocycles. The number of aromatic amines is 2. The topological polar surface area (TPSA) is 134 Å². The van der Waals surface area contributed by atoms with E-state index in [1.165, 1.54) is 19.4 Å². The van der Waals surface area contributed by atoms with E-state index >= 15 is 0 Å². The van der Waals surface area contributed by atoms with Gasteiger partial charge < -0.3 is 9.72 Å². The number of hydrogen-bond acceptors (Lipinski definition) is 7. The summed E-state index contributed by atoms with van der Waals surface area (Å²) in [4.78, 5) is 32.5. The molecule has 6 aromatic rings. The molecule has 0 saturated heterocycles. The average molecular weight is 480 g/mol. The predicted molar refractivity (Wildman–Crippen MR) is 131 cm³/mol. The van der Waals surface area contributed by atoms with E-state index in [1.807, 2.05) is 6.07 Å². The number of rotatable bonds is 4. The van der Waals surface area contributed by atoms with Crippen LogP contribution in [0.2, 0.25) is 0 Å². The first-order valence-corrected chi connectivity index (χ1v) is 10.8. The van der Waals surface area contributed by atoms with Crippen LogP contribution in [0.1, 0.15) is 0 Å². The fraction of sp³-hybridized carbons (Fsp3) is 0.0400. The Balaban J connectivity index is 1.44. The summed E-state index contributed by atoms with van der Waals surface area (Å²) in [6.45, 7) is 0. The molecule has 0 radical (unpaired) electrons. The van der Waals surface area contributed by atoms with Gasteiger partial charge in [-0.3, -0.25) is 20.4 Å². The number of methoxy groups -OCH3 is 1. The second kappa shape index (κ2) is 8.55. The number of benzene rings is 1. The van der Waals surface area contributed by atoms with E-state index in [-0.39, 0.29) is 5.82 Å². The summed E-state index contributed by atoms with van der Waals surface area (Å²) in [7, 11) is 1.29. The smallest absolute Gasteiger partial charge is 0.411 e. The van der Waals surface area contributed by atoms with Gasteiger partial charge in [-0.15, -0.1) is 0 Å². The largest absolute Gasteiger partial charge is 0.453 e. The Morgan fingerprint density at radius 1 is 1.00 bits per heavy atom. The summed E-state index contributed by atoms with van der Waals surface area (Å²) >= 11 is 0. The number of halogens is 1. The van der Waals surface area contributed by atoms with Crippen molar-refractivity contribution in [2.24, 2.45) is 0 Å². The van der Waals surface area contributed by atoms with Gasteiger partial charge in [0.1, 0.15) is 17.0 Å². The minimum absolute atomic E-state index is 0.352. The first-order valence-electron chi connectivity index (χ1n) is 10.8. The molecule has 176 valence electrons. The van der Waals surface area contributed by atoms with Crippen molar-refractivity contribution in [1.29, 1.82) is 0 Å². The lowest BCUT2D eigenvalue weighted by molar-refractivity contribution is 0.187. The maximum atomic E-state index is 14.5. The van der Waals surface area contributed by atoms with Gasteiger partial charge in [0, 0.05) is 40.8 Å². The molecule has 0 atom stereocenters. The average Bonchev–Trinajstić information content (AvgIpc) is 3.52. The minimum atomic E-state index is -0.589. The van der Waals surface area contributed by atoms with Crippen LogP contribution in [0.15, 0.2) is 67.4 Å². The molecule has 1 amide bonds. The highest BCUT2D eigenvalue weighted by Crippen LogP contribution is 2.33. The number of hydrogen-bond donors (Lipinski definition) is 3. The highest BCUT2D eigenvalue weighted by Gasteiger charge is 2.17. The van der Waals surface area contributed by atoms with Crippen molar-refractivity contribution in [2.45, 2.75) is 0 Å². The van der Waals surface area contributed by atoms with Gasteiger partial charge in [0.25, 0.3) is 0 Å². The molecule has 6 rings (SSSR count). The summed E-state index contributed by atoms with van der Waals surface area (Å²) in [5.41, 5.74) is 5.34. The van der Waals surface area contributed by atoms with E-state index in [0.717, 1.165) is 16.5 Å². The zero-order chi connectivity index (χ0) is 24.6. The second-order valence-electron chi connectivity index (χ2n) is 7.92. The van der Waals surface area contributed by atoms with Crippen molar-refractivity contribution >= 4 is 33.8 Å². The normalized spacial score (nSPS) is 11.2. The van der Waals surface area contributed by atoms with Crippen molar-refractivity contribution < 1.29 is 13.9 Å². The maximum absolute atomic E-state index is 14.5. The molecule has 5 aromatic heterocycles. The van der Waals surface area contributed by atoms with Crippen molar-refractivity contribution in [3.05, 3.63) is 73.2 Å². The zero-order valence-electron chi connectivity index (χ0n) is 18.8. The van der Waals surface area contributed by atoms with Crippen molar-refractivity contribution in [3.63, 3.8) is 0 Å². The molecule has 0 unspecified atom stereocenters. The van der Waals surface area contributed by atoms with E-state index < -0.39 is 6.09 Å². The van der Waals surface area contributed by atoms with Crippen LogP contribution in [-0.4, -0.2) is 48.3 Å².